The molecule has 3 rings (SSSR count). The number of nitrogens with zero attached hydrogens (tertiary/aromatic N) is 2. The molecule has 0 fully saturated rings. The zero-order chi connectivity index (χ0) is 15.4. The highest BCUT2D eigenvalue weighted by atomic mass is 16.5. The third-order valence-electron chi connectivity index (χ3n) is 3.55. The van der Waals surface area contributed by atoms with Gasteiger partial charge < -0.3 is 15.4 Å². The zero-order valence-electron chi connectivity index (χ0n) is 13.1. The molecule has 1 aliphatic rings. The molecule has 0 amide bonds. The van der Waals surface area contributed by atoms with Crippen LogP contribution >= 0.6 is 0 Å². The summed E-state index contributed by atoms with van der Waals surface area (Å²) in [5, 5.41) is 6.67. The van der Waals surface area contributed by atoms with Gasteiger partial charge in [0.1, 0.15) is 5.82 Å². The Hall–Kier alpha value is -2.14. The second-order valence-corrected chi connectivity index (χ2v) is 6.01. The van der Waals surface area contributed by atoms with Crippen molar-refractivity contribution in [1.29, 1.82) is 0 Å². The van der Waals surface area contributed by atoms with Crippen LogP contribution in [0.15, 0.2) is 30.6 Å². The van der Waals surface area contributed by atoms with Gasteiger partial charge in [0.05, 0.1) is 19.0 Å². The van der Waals surface area contributed by atoms with E-state index >= 15 is 0 Å². The number of benzene rings is 1. The van der Waals surface area contributed by atoms with Gasteiger partial charge in [0.2, 0.25) is 5.88 Å². The molecule has 2 N–H and O–H groups in total. The minimum atomic E-state index is 0.471. The van der Waals surface area contributed by atoms with E-state index in [-0.39, 0.29) is 0 Å². The molecule has 2 heterocycles. The summed E-state index contributed by atoms with van der Waals surface area (Å²) in [7, 11) is 0. The molecule has 0 spiro atoms. The van der Waals surface area contributed by atoms with E-state index in [2.05, 4.69) is 52.6 Å². The Labute approximate surface area is 131 Å². The van der Waals surface area contributed by atoms with Gasteiger partial charge in [-0.2, -0.15) is 4.98 Å². The van der Waals surface area contributed by atoms with E-state index in [1.54, 1.807) is 12.4 Å². The van der Waals surface area contributed by atoms with Gasteiger partial charge in [-0.05, 0) is 22.6 Å². The molecule has 0 bridgehead atoms. The van der Waals surface area contributed by atoms with Crippen LogP contribution in [0, 0.1) is 5.92 Å². The number of aromatic nitrogens is 2. The van der Waals surface area contributed by atoms with Crippen molar-refractivity contribution in [2.45, 2.75) is 33.5 Å². The maximum atomic E-state index is 5.60. The Morgan fingerprint density at radius 2 is 2.09 bits per heavy atom. The number of ether oxygens (including phenoxy) is 1. The van der Waals surface area contributed by atoms with Crippen LogP contribution in [0.3, 0.4) is 0 Å². The van der Waals surface area contributed by atoms with E-state index in [1.807, 2.05) is 0 Å². The summed E-state index contributed by atoms with van der Waals surface area (Å²) < 4.78 is 5.60. The lowest BCUT2D eigenvalue weighted by molar-refractivity contribution is 0.260. The van der Waals surface area contributed by atoms with Crippen LogP contribution in [0.5, 0.6) is 5.88 Å². The van der Waals surface area contributed by atoms with E-state index in [9.17, 15) is 0 Å². The maximum Gasteiger partial charge on any atom is 0.234 e. The maximum absolute atomic E-state index is 5.60. The Balaban J connectivity index is 1.60. The van der Waals surface area contributed by atoms with Gasteiger partial charge in [0.15, 0.2) is 0 Å². The Morgan fingerprint density at radius 1 is 1.23 bits per heavy atom. The fourth-order valence-electron chi connectivity index (χ4n) is 2.41. The van der Waals surface area contributed by atoms with Crippen molar-refractivity contribution in [3.8, 4) is 5.88 Å². The first-order chi connectivity index (χ1) is 10.7. The van der Waals surface area contributed by atoms with Gasteiger partial charge in [-0.15, -0.1) is 0 Å². The van der Waals surface area contributed by atoms with Gasteiger partial charge >= 0.3 is 0 Å². The fraction of sp³-hybridized carbons (Fsp3) is 0.412. The minimum Gasteiger partial charge on any atom is -0.476 e. The van der Waals surface area contributed by atoms with Crippen LogP contribution in [-0.4, -0.2) is 16.6 Å². The molecule has 0 saturated carbocycles. The van der Waals surface area contributed by atoms with E-state index in [4.69, 9.17) is 4.74 Å². The number of nitrogens with one attached hydrogen (secondary N) is 2. The molecule has 5 heteroatoms. The normalized spacial score (nSPS) is 13.2. The van der Waals surface area contributed by atoms with Crippen LogP contribution in [0.25, 0.3) is 0 Å². The molecular weight excluding hydrogens is 276 g/mol. The molecule has 0 atom stereocenters. The Morgan fingerprint density at radius 3 is 2.95 bits per heavy atom. The molecule has 1 aromatic heterocycles. The average molecular weight is 298 g/mol. The third kappa shape index (κ3) is 3.74. The van der Waals surface area contributed by atoms with Crippen molar-refractivity contribution >= 4 is 5.82 Å². The minimum absolute atomic E-state index is 0.471. The molecule has 1 aliphatic heterocycles. The molecular formula is C17H22N4O. The van der Waals surface area contributed by atoms with Crippen molar-refractivity contribution < 1.29 is 4.74 Å². The van der Waals surface area contributed by atoms with Crippen LogP contribution in [0.2, 0.25) is 0 Å². The van der Waals surface area contributed by atoms with Gasteiger partial charge in [-0.25, -0.2) is 0 Å². The summed E-state index contributed by atoms with van der Waals surface area (Å²) in [5.74, 6) is 1.77. The lowest BCUT2D eigenvalue weighted by atomic mass is 10.1. The van der Waals surface area contributed by atoms with Gasteiger partial charge in [-0.3, -0.25) is 4.98 Å². The van der Waals surface area contributed by atoms with Gasteiger partial charge in [0, 0.05) is 19.6 Å². The number of rotatable bonds is 6. The molecule has 1 aromatic carbocycles. The van der Waals surface area contributed by atoms with Crippen molar-refractivity contribution in [1.82, 2.24) is 15.3 Å². The first kappa shape index (κ1) is 14.8. The lowest BCUT2D eigenvalue weighted by Gasteiger charge is -2.10. The first-order valence-corrected chi connectivity index (χ1v) is 7.71. The molecule has 2 aromatic rings. The van der Waals surface area contributed by atoms with Gasteiger partial charge in [-0.1, -0.05) is 32.0 Å². The predicted octanol–water partition coefficient (Wildman–Crippen LogP) is 2.73. The number of fused-ring (bicyclic) bond motifs is 1. The SMILES string of the molecule is CC(C)COc1cncc(NCc2ccc3c(c2)CNC3)n1. The number of hydrogen-bond acceptors (Lipinski definition) is 5. The van der Waals surface area contributed by atoms with Crippen molar-refractivity contribution in [2.75, 3.05) is 11.9 Å². The Bertz CT molecular complexity index is 642. The fourth-order valence-corrected chi connectivity index (χ4v) is 2.41. The van der Waals surface area contributed by atoms with E-state index < -0.39 is 0 Å². The van der Waals surface area contributed by atoms with Crippen LogP contribution in [0.1, 0.15) is 30.5 Å². The Kier molecular flexibility index (Phi) is 4.53. The number of anilines is 1. The summed E-state index contributed by atoms with van der Waals surface area (Å²) in [4.78, 5) is 8.60. The molecule has 0 aliphatic carbocycles. The second-order valence-electron chi connectivity index (χ2n) is 6.01. The highest BCUT2D eigenvalue weighted by molar-refractivity contribution is 5.38. The lowest BCUT2D eigenvalue weighted by Crippen LogP contribution is -2.08. The highest BCUT2D eigenvalue weighted by Crippen LogP contribution is 2.18. The summed E-state index contributed by atoms with van der Waals surface area (Å²) in [6, 6.07) is 6.60. The molecule has 0 radical (unpaired) electrons. The standard InChI is InChI=1S/C17H22N4O/c1-12(2)11-22-17-10-19-9-16(21-17)20-6-13-3-4-14-7-18-8-15(14)5-13/h3-5,9-10,12,18H,6-8,11H2,1-2H3,(H,20,21). The smallest absolute Gasteiger partial charge is 0.234 e. The zero-order valence-corrected chi connectivity index (χ0v) is 13.1. The first-order valence-electron chi connectivity index (χ1n) is 7.71. The molecule has 5 nitrogen and oxygen atoms in total. The number of hydrogen-bond donors (Lipinski definition) is 2. The monoisotopic (exact) mass is 298 g/mol. The van der Waals surface area contributed by atoms with Crippen molar-refractivity contribution in [3.63, 3.8) is 0 Å². The molecule has 22 heavy (non-hydrogen) atoms. The van der Waals surface area contributed by atoms with Crippen LogP contribution in [-0.2, 0) is 19.6 Å². The molecule has 116 valence electrons. The summed E-state index contributed by atoms with van der Waals surface area (Å²) in [6.45, 7) is 7.54. The van der Waals surface area contributed by atoms with Crippen LogP contribution < -0.4 is 15.4 Å². The van der Waals surface area contributed by atoms with Crippen LogP contribution in [0.4, 0.5) is 5.82 Å². The van der Waals surface area contributed by atoms with E-state index in [0.717, 1.165) is 25.5 Å². The summed E-state index contributed by atoms with van der Waals surface area (Å²) in [5.41, 5.74) is 4.03. The summed E-state index contributed by atoms with van der Waals surface area (Å²) >= 11 is 0. The second kappa shape index (κ2) is 6.75. The predicted molar refractivity (Wildman–Crippen MR) is 86.7 cm³/mol. The quantitative estimate of drug-likeness (QED) is 0.858. The largest absolute Gasteiger partial charge is 0.476 e. The summed E-state index contributed by atoms with van der Waals surface area (Å²) in [6.07, 6.45) is 3.37. The van der Waals surface area contributed by atoms with E-state index in [1.165, 1.54) is 16.7 Å². The van der Waals surface area contributed by atoms with Crippen molar-refractivity contribution in [3.05, 3.63) is 47.3 Å². The topological polar surface area (TPSA) is 59.1 Å². The average Bonchev–Trinajstić information content (AvgIpc) is 2.99. The molecule has 0 unspecified atom stereocenters. The van der Waals surface area contributed by atoms with Gasteiger partial charge in [0.25, 0.3) is 0 Å². The third-order valence-corrected chi connectivity index (χ3v) is 3.55. The van der Waals surface area contributed by atoms with E-state index in [0.29, 0.717) is 18.4 Å². The molecule has 0 saturated heterocycles. The van der Waals surface area contributed by atoms with Crippen molar-refractivity contribution in [2.24, 2.45) is 5.92 Å². The highest BCUT2D eigenvalue weighted by Gasteiger charge is 2.10.